The maximum absolute atomic E-state index is 12.4. The standard InChI is InChI=1S/C23H15N3O4S/c24-10-17-16-7-5-13-3-1-2-4-15(13)21(16)31-22(17)26-20(27)11-29-23(28)14-6-8-19-18(9-14)25-12-30-19/h1-4,6,8-9,12H,5,7,11H2,(H,26,27). The molecule has 4 aromatic rings. The molecule has 0 fully saturated rings. The summed E-state index contributed by atoms with van der Waals surface area (Å²) in [5.41, 5.74) is 5.13. The molecule has 31 heavy (non-hydrogen) atoms. The summed E-state index contributed by atoms with van der Waals surface area (Å²) >= 11 is 1.38. The highest BCUT2D eigenvalue weighted by atomic mass is 32.1. The predicted molar refractivity (Wildman–Crippen MR) is 115 cm³/mol. The Hall–Kier alpha value is -3.96. The minimum atomic E-state index is -0.639. The first-order valence-electron chi connectivity index (χ1n) is 9.58. The van der Waals surface area contributed by atoms with Gasteiger partial charge in [-0.15, -0.1) is 11.3 Å². The molecule has 1 amide bonds. The van der Waals surface area contributed by atoms with E-state index in [-0.39, 0.29) is 5.56 Å². The highest BCUT2D eigenvalue weighted by molar-refractivity contribution is 7.20. The van der Waals surface area contributed by atoms with Gasteiger partial charge < -0.3 is 14.5 Å². The van der Waals surface area contributed by atoms with Crippen molar-refractivity contribution in [2.24, 2.45) is 0 Å². The Morgan fingerprint density at radius 1 is 1.23 bits per heavy atom. The van der Waals surface area contributed by atoms with Gasteiger partial charge in [-0.05, 0) is 47.7 Å². The summed E-state index contributed by atoms with van der Waals surface area (Å²) in [7, 11) is 0. The molecule has 1 N–H and O–H groups in total. The average Bonchev–Trinajstić information content (AvgIpc) is 3.40. The topological polar surface area (TPSA) is 105 Å². The van der Waals surface area contributed by atoms with E-state index in [9.17, 15) is 14.9 Å². The molecular weight excluding hydrogens is 414 g/mol. The Morgan fingerprint density at radius 2 is 2.10 bits per heavy atom. The van der Waals surface area contributed by atoms with Gasteiger partial charge in [-0.3, -0.25) is 4.79 Å². The lowest BCUT2D eigenvalue weighted by Crippen LogP contribution is -2.20. The van der Waals surface area contributed by atoms with Crippen molar-refractivity contribution in [1.29, 1.82) is 5.26 Å². The van der Waals surface area contributed by atoms with Crippen LogP contribution in [0.2, 0.25) is 0 Å². The van der Waals surface area contributed by atoms with Crippen LogP contribution in [-0.4, -0.2) is 23.5 Å². The van der Waals surface area contributed by atoms with E-state index >= 15 is 0 Å². The molecular formula is C23H15N3O4S. The van der Waals surface area contributed by atoms with Crippen molar-refractivity contribution >= 4 is 39.3 Å². The molecule has 2 aromatic heterocycles. The quantitative estimate of drug-likeness (QED) is 0.484. The van der Waals surface area contributed by atoms with Crippen LogP contribution in [0.1, 0.15) is 27.0 Å². The van der Waals surface area contributed by atoms with Crippen molar-refractivity contribution in [3.8, 4) is 16.5 Å². The Morgan fingerprint density at radius 3 is 2.97 bits per heavy atom. The van der Waals surface area contributed by atoms with Crippen LogP contribution in [0.4, 0.5) is 5.00 Å². The van der Waals surface area contributed by atoms with Crippen molar-refractivity contribution in [3.05, 3.63) is 71.1 Å². The zero-order valence-corrected chi connectivity index (χ0v) is 17.0. The number of rotatable bonds is 4. The van der Waals surface area contributed by atoms with Crippen LogP contribution < -0.4 is 5.32 Å². The molecule has 5 rings (SSSR count). The Bertz CT molecular complexity index is 1380. The summed E-state index contributed by atoms with van der Waals surface area (Å²) in [6.45, 7) is -0.459. The largest absolute Gasteiger partial charge is 0.452 e. The number of esters is 1. The van der Waals surface area contributed by atoms with E-state index in [1.165, 1.54) is 29.4 Å². The van der Waals surface area contributed by atoms with E-state index < -0.39 is 18.5 Å². The highest BCUT2D eigenvalue weighted by Crippen LogP contribution is 2.44. The van der Waals surface area contributed by atoms with E-state index in [2.05, 4.69) is 22.4 Å². The van der Waals surface area contributed by atoms with Crippen molar-refractivity contribution in [1.82, 2.24) is 4.98 Å². The van der Waals surface area contributed by atoms with Crippen molar-refractivity contribution in [2.75, 3.05) is 11.9 Å². The zero-order valence-electron chi connectivity index (χ0n) is 16.2. The third-order valence-corrected chi connectivity index (χ3v) is 6.36. The fourth-order valence-corrected chi connectivity index (χ4v) is 4.99. The lowest BCUT2D eigenvalue weighted by molar-refractivity contribution is -0.119. The van der Waals surface area contributed by atoms with Gasteiger partial charge in [-0.2, -0.15) is 5.26 Å². The number of thiophene rings is 1. The van der Waals surface area contributed by atoms with Gasteiger partial charge in [-0.25, -0.2) is 9.78 Å². The molecule has 7 nitrogen and oxygen atoms in total. The fraction of sp³-hybridized carbons (Fsp3) is 0.130. The number of nitrogens with zero attached hydrogens (tertiary/aromatic N) is 2. The molecule has 8 heteroatoms. The van der Waals surface area contributed by atoms with E-state index in [0.29, 0.717) is 21.7 Å². The van der Waals surface area contributed by atoms with E-state index in [0.717, 1.165) is 28.8 Å². The molecule has 0 saturated heterocycles. The smallest absolute Gasteiger partial charge is 0.338 e. The number of oxazole rings is 1. The Kier molecular flexibility index (Phi) is 4.73. The molecule has 0 spiro atoms. The van der Waals surface area contributed by atoms with Crippen LogP contribution in [-0.2, 0) is 22.4 Å². The molecule has 152 valence electrons. The van der Waals surface area contributed by atoms with Crippen LogP contribution in [0, 0.1) is 11.3 Å². The second-order valence-corrected chi connectivity index (χ2v) is 8.06. The Labute approximate surface area is 180 Å². The number of nitriles is 1. The lowest BCUT2D eigenvalue weighted by atomic mass is 9.90. The average molecular weight is 429 g/mol. The molecule has 0 atom stereocenters. The summed E-state index contributed by atoms with van der Waals surface area (Å²) in [6, 6.07) is 15.0. The highest BCUT2D eigenvalue weighted by Gasteiger charge is 2.25. The van der Waals surface area contributed by atoms with E-state index in [4.69, 9.17) is 9.15 Å². The van der Waals surface area contributed by atoms with Crippen molar-refractivity contribution in [3.63, 3.8) is 0 Å². The minimum absolute atomic E-state index is 0.273. The number of benzene rings is 2. The van der Waals surface area contributed by atoms with E-state index in [1.807, 2.05) is 18.2 Å². The number of nitrogens with one attached hydrogen (secondary N) is 1. The molecule has 1 aliphatic rings. The number of ether oxygens (including phenoxy) is 1. The summed E-state index contributed by atoms with van der Waals surface area (Å²) in [6.07, 6.45) is 2.90. The van der Waals surface area contributed by atoms with Gasteiger partial charge in [0.25, 0.3) is 5.91 Å². The molecule has 1 aliphatic carbocycles. The number of hydrogen-bond donors (Lipinski definition) is 1. The first kappa shape index (κ1) is 19.0. The minimum Gasteiger partial charge on any atom is -0.452 e. The molecule has 0 saturated carbocycles. The fourth-order valence-electron chi connectivity index (χ4n) is 3.71. The summed E-state index contributed by atoms with van der Waals surface area (Å²) in [4.78, 5) is 29.7. The second kappa shape index (κ2) is 7.70. The van der Waals surface area contributed by atoms with Crippen LogP contribution in [0.3, 0.4) is 0 Å². The van der Waals surface area contributed by atoms with Crippen LogP contribution in [0.25, 0.3) is 21.5 Å². The molecule has 0 radical (unpaired) electrons. The van der Waals surface area contributed by atoms with Crippen LogP contribution >= 0.6 is 11.3 Å². The maximum atomic E-state index is 12.4. The van der Waals surface area contributed by atoms with Gasteiger partial charge in [0.1, 0.15) is 16.6 Å². The van der Waals surface area contributed by atoms with Crippen LogP contribution in [0.15, 0.2) is 53.3 Å². The first-order chi connectivity index (χ1) is 15.1. The molecule has 0 unspecified atom stereocenters. The number of aryl methyl sites for hydroxylation is 1. The molecule has 0 aliphatic heterocycles. The van der Waals surface area contributed by atoms with E-state index in [1.54, 1.807) is 12.1 Å². The second-order valence-electron chi connectivity index (χ2n) is 7.04. The zero-order chi connectivity index (χ0) is 21.4. The normalized spacial score (nSPS) is 12.0. The van der Waals surface area contributed by atoms with Gasteiger partial charge in [-0.1, -0.05) is 24.3 Å². The summed E-state index contributed by atoms with van der Waals surface area (Å²) < 4.78 is 10.3. The first-order valence-corrected chi connectivity index (χ1v) is 10.4. The van der Waals surface area contributed by atoms with Crippen LogP contribution in [0.5, 0.6) is 0 Å². The molecule has 2 heterocycles. The predicted octanol–water partition coefficient (Wildman–Crippen LogP) is 4.32. The number of hydrogen-bond acceptors (Lipinski definition) is 7. The maximum Gasteiger partial charge on any atom is 0.338 e. The third kappa shape index (κ3) is 3.45. The number of fused-ring (bicyclic) bond motifs is 4. The summed E-state index contributed by atoms with van der Waals surface area (Å²) in [5, 5.41) is 12.9. The Balaban J connectivity index is 1.30. The lowest BCUT2D eigenvalue weighted by Gasteiger charge is -2.15. The number of amides is 1. The number of carbonyl (C=O) groups is 2. The summed E-state index contributed by atoms with van der Waals surface area (Å²) in [5.74, 6) is -1.14. The number of aromatic nitrogens is 1. The van der Waals surface area contributed by atoms with Crippen molar-refractivity contribution in [2.45, 2.75) is 12.8 Å². The molecule has 2 aromatic carbocycles. The number of carbonyl (C=O) groups excluding carboxylic acids is 2. The monoisotopic (exact) mass is 429 g/mol. The van der Waals surface area contributed by atoms with Gasteiger partial charge in [0, 0.05) is 4.88 Å². The van der Waals surface area contributed by atoms with Gasteiger partial charge in [0.2, 0.25) is 0 Å². The third-order valence-electron chi connectivity index (χ3n) is 5.18. The van der Waals surface area contributed by atoms with Gasteiger partial charge in [0.15, 0.2) is 18.6 Å². The molecule has 0 bridgehead atoms. The SMILES string of the molecule is N#Cc1c(NC(=O)COC(=O)c2ccc3ocnc3c2)sc2c1CCc1ccccc1-2. The van der Waals surface area contributed by atoms with Gasteiger partial charge in [0.05, 0.1) is 11.1 Å². The number of anilines is 1. The van der Waals surface area contributed by atoms with Gasteiger partial charge >= 0.3 is 5.97 Å². The van der Waals surface area contributed by atoms with Crippen molar-refractivity contribution < 1.29 is 18.7 Å².